The fourth-order valence-electron chi connectivity index (χ4n) is 3.16. The number of fused-ring (bicyclic) bond motifs is 1. The van der Waals surface area contributed by atoms with Crippen molar-refractivity contribution in [3.63, 3.8) is 0 Å². The zero-order chi connectivity index (χ0) is 13.9. The smallest absolute Gasteiger partial charge is 0.315 e. The third-order valence-electron chi connectivity index (χ3n) is 4.36. The van der Waals surface area contributed by atoms with E-state index in [-0.39, 0.29) is 6.03 Å². The van der Waals surface area contributed by atoms with Gasteiger partial charge in [0.15, 0.2) is 0 Å². The molecule has 3 rings (SSSR count). The van der Waals surface area contributed by atoms with E-state index in [4.69, 9.17) is 5.73 Å². The van der Waals surface area contributed by atoms with E-state index in [2.05, 4.69) is 16.4 Å². The molecule has 1 aliphatic carbocycles. The Morgan fingerprint density at radius 3 is 2.85 bits per heavy atom. The number of nitrogens with zero attached hydrogens (tertiary/aromatic N) is 2. The van der Waals surface area contributed by atoms with E-state index in [9.17, 15) is 4.79 Å². The van der Waals surface area contributed by atoms with Gasteiger partial charge in [-0.25, -0.2) is 9.78 Å². The van der Waals surface area contributed by atoms with Crippen LogP contribution >= 0.6 is 0 Å². The van der Waals surface area contributed by atoms with Crippen LogP contribution in [0.5, 0.6) is 0 Å². The highest BCUT2D eigenvalue weighted by Crippen LogP contribution is 2.24. The minimum Gasteiger partial charge on any atom is -0.367 e. The van der Waals surface area contributed by atoms with Gasteiger partial charge in [0.25, 0.3) is 0 Å². The number of aromatic nitrogens is 1. The Bertz CT molecular complexity index is 497. The molecule has 1 aliphatic heterocycles. The SMILES string of the molecule is NC(=O)N1CCc2cnc(NC3CCCCC3)cc2C1. The maximum atomic E-state index is 11.3. The number of carbonyl (C=O) groups is 1. The second kappa shape index (κ2) is 5.69. The molecular formula is C15H22N4O. The van der Waals surface area contributed by atoms with Crippen LogP contribution in [0.15, 0.2) is 12.3 Å². The number of carbonyl (C=O) groups excluding carboxylic acids is 1. The van der Waals surface area contributed by atoms with E-state index in [0.717, 1.165) is 12.2 Å². The van der Waals surface area contributed by atoms with E-state index in [1.165, 1.54) is 43.2 Å². The van der Waals surface area contributed by atoms with Crippen molar-refractivity contribution in [1.82, 2.24) is 9.88 Å². The Hall–Kier alpha value is -1.78. The lowest BCUT2D eigenvalue weighted by atomic mass is 9.95. The van der Waals surface area contributed by atoms with E-state index < -0.39 is 0 Å². The lowest BCUT2D eigenvalue weighted by Crippen LogP contribution is -2.39. The highest BCUT2D eigenvalue weighted by Gasteiger charge is 2.20. The minimum absolute atomic E-state index is 0.339. The van der Waals surface area contributed by atoms with Gasteiger partial charge >= 0.3 is 6.03 Å². The number of nitrogens with one attached hydrogen (secondary N) is 1. The molecule has 2 amide bonds. The number of primary amides is 1. The predicted octanol–water partition coefficient (Wildman–Crippen LogP) is 2.26. The Kier molecular flexibility index (Phi) is 3.76. The summed E-state index contributed by atoms with van der Waals surface area (Å²) in [6.07, 6.45) is 9.20. The second-order valence-corrected chi connectivity index (χ2v) is 5.83. The van der Waals surface area contributed by atoms with Gasteiger partial charge in [-0.05, 0) is 36.5 Å². The molecule has 1 fully saturated rings. The van der Waals surface area contributed by atoms with Gasteiger partial charge in [-0.1, -0.05) is 19.3 Å². The zero-order valence-corrected chi connectivity index (χ0v) is 11.8. The van der Waals surface area contributed by atoms with Crippen molar-refractivity contribution in [2.24, 2.45) is 5.73 Å². The first-order chi connectivity index (χ1) is 9.72. The molecule has 108 valence electrons. The Morgan fingerprint density at radius 1 is 1.30 bits per heavy atom. The van der Waals surface area contributed by atoms with Gasteiger partial charge in [0.2, 0.25) is 0 Å². The van der Waals surface area contributed by atoms with E-state index >= 15 is 0 Å². The summed E-state index contributed by atoms with van der Waals surface area (Å²) < 4.78 is 0. The molecule has 0 aromatic carbocycles. The second-order valence-electron chi connectivity index (χ2n) is 5.83. The Balaban J connectivity index is 1.71. The number of rotatable bonds is 2. The van der Waals surface area contributed by atoms with Crippen LogP contribution in [0, 0.1) is 0 Å². The molecule has 2 aliphatic rings. The summed E-state index contributed by atoms with van der Waals surface area (Å²) in [5.41, 5.74) is 7.77. The van der Waals surface area contributed by atoms with Crippen LogP contribution in [0.4, 0.5) is 10.6 Å². The molecule has 20 heavy (non-hydrogen) atoms. The van der Waals surface area contributed by atoms with Crippen LogP contribution in [0.25, 0.3) is 0 Å². The molecule has 3 N–H and O–H groups in total. The standard InChI is InChI=1S/C15H22N4O/c16-15(20)19-7-6-11-9-17-14(8-12(11)10-19)18-13-4-2-1-3-5-13/h8-9,13H,1-7,10H2,(H2,16,20)(H,17,18). The number of hydrogen-bond acceptors (Lipinski definition) is 3. The van der Waals surface area contributed by atoms with Crippen molar-refractivity contribution in [3.8, 4) is 0 Å². The van der Waals surface area contributed by atoms with Gasteiger partial charge in [-0.2, -0.15) is 0 Å². The van der Waals surface area contributed by atoms with E-state index in [1.54, 1.807) is 4.90 Å². The highest BCUT2D eigenvalue weighted by molar-refractivity contribution is 5.72. The third kappa shape index (κ3) is 2.86. The maximum absolute atomic E-state index is 11.3. The van der Waals surface area contributed by atoms with Crippen LogP contribution in [-0.2, 0) is 13.0 Å². The number of urea groups is 1. The summed E-state index contributed by atoms with van der Waals surface area (Å²) in [5, 5.41) is 3.53. The van der Waals surface area contributed by atoms with E-state index in [0.29, 0.717) is 19.1 Å². The minimum atomic E-state index is -0.339. The molecule has 0 unspecified atom stereocenters. The number of pyridine rings is 1. The summed E-state index contributed by atoms with van der Waals surface area (Å²) >= 11 is 0. The number of hydrogen-bond donors (Lipinski definition) is 2. The molecule has 0 radical (unpaired) electrons. The molecular weight excluding hydrogens is 252 g/mol. The molecule has 5 nitrogen and oxygen atoms in total. The summed E-state index contributed by atoms with van der Waals surface area (Å²) in [6, 6.07) is 2.29. The van der Waals surface area contributed by atoms with Gasteiger partial charge in [-0.15, -0.1) is 0 Å². The average molecular weight is 274 g/mol. The summed E-state index contributed by atoms with van der Waals surface area (Å²) in [6.45, 7) is 1.30. The predicted molar refractivity (Wildman–Crippen MR) is 78.4 cm³/mol. The van der Waals surface area contributed by atoms with Crippen molar-refractivity contribution in [2.45, 2.75) is 51.1 Å². The fourth-order valence-corrected chi connectivity index (χ4v) is 3.16. The van der Waals surface area contributed by atoms with Gasteiger partial charge in [0.05, 0.1) is 0 Å². The van der Waals surface area contributed by atoms with Crippen LogP contribution in [-0.4, -0.2) is 28.5 Å². The summed E-state index contributed by atoms with van der Waals surface area (Å²) in [5.74, 6) is 0.932. The van der Waals surface area contributed by atoms with Crippen molar-refractivity contribution < 1.29 is 4.79 Å². The third-order valence-corrected chi connectivity index (χ3v) is 4.36. The molecule has 1 aromatic heterocycles. The summed E-state index contributed by atoms with van der Waals surface area (Å²) in [7, 11) is 0. The molecule has 5 heteroatoms. The van der Waals surface area contributed by atoms with Gasteiger partial charge < -0.3 is 16.0 Å². The molecule has 0 saturated heterocycles. The largest absolute Gasteiger partial charge is 0.367 e. The van der Waals surface area contributed by atoms with Gasteiger partial charge in [-0.3, -0.25) is 0 Å². The van der Waals surface area contributed by atoms with Crippen LogP contribution in [0.3, 0.4) is 0 Å². The maximum Gasteiger partial charge on any atom is 0.315 e. The fraction of sp³-hybridized carbons (Fsp3) is 0.600. The zero-order valence-electron chi connectivity index (χ0n) is 11.8. The lowest BCUT2D eigenvalue weighted by molar-refractivity contribution is 0.202. The average Bonchev–Trinajstić information content (AvgIpc) is 2.47. The molecule has 0 spiro atoms. The number of anilines is 1. The van der Waals surface area contributed by atoms with E-state index in [1.807, 2.05) is 6.20 Å². The van der Waals surface area contributed by atoms with Gasteiger partial charge in [0, 0.05) is 25.3 Å². The van der Waals surface area contributed by atoms with Crippen molar-refractivity contribution in [3.05, 3.63) is 23.4 Å². The Labute approximate surface area is 119 Å². The number of amides is 2. The number of nitrogens with two attached hydrogens (primary N) is 1. The first-order valence-electron chi connectivity index (χ1n) is 7.51. The first-order valence-corrected chi connectivity index (χ1v) is 7.51. The normalized spacial score (nSPS) is 19.5. The van der Waals surface area contributed by atoms with Gasteiger partial charge in [0.1, 0.15) is 5.82 Å². The van der Waals surface area contributed by atoms with Crippen LogP contribution in [0.1, 0.15) is 43.2 Å². The molecule has 0 bridgehead atoms. The lowest BCUT2D eigenvalue weighted by Gasteiger charge is -2.28. The van der Waals surface area contributed by atoms with Crippen molar-refractivity contribution >= 4 is 11.8 Å². The Morgan fingerprint density at radius 2 is 2.10 bits per heavy atom. The summed E-state index contributed by atoms with van der Waals surface area (Å²) in [4.78, 5) is 17.5. The molecule has 1 saturated carbocycles. The first kappa shape index (κ1) is 13.2. The molecule has 0 atom stereocenters. The van der Waals surface area contributed by atoms with Crippen LogP contribution in [0.2, 0.25) is 0 Å². The highest BCUT2D eigenvalue weighted by atomic mass is 16.2. The molecule has 1 aromatic rings. The molecule has 2 heterocycles. The van der Waals surface area contributed by atoms with Crippen molar-refractivity contribution in [2.75, 3.05) is 11.9 Å². The quantitative estimate of drug-likeness (QED) is 0.869. The topological polar surface area (TPSA) is 71.2 Å². The monoisotopic (exact) mass is 274 g/mol. The van der Waals surface area contributed by atoms with Crippen LogP contribution < -0.4 is 11.1 Å². The van der Waals surface area contributed by atoms with Crippen molar-refractivity contribution in [1.29, 1.82) is 0 Å².